The van der Waals surface area contributed by atoms with E-state index in [2.05, 4.69) is 20.9 Å². The van der Waals surface area contributed by atoms with Crippen molar-refractivity contribution in [3.63, 3.8) is 0 Å². The highest BCUT2D eigenvalue weighted by Crippen LogP contribution is 2.31. The van der Waals surface area contributed by atoms with Crippen LogP contribution in [0, 0.1) is 10.1 Å². The first-order valence-electron chi connectivity index (χ1n) is 7.20. The molecule has 3 rings (SSSR count). The lowest BCUT2D eigenvalue weighted by molar-refractivity contribution is -0.384. The molecular formula is C18H13BrN2O3. The molecule has 120 valence electrons. The molecule has 0 aliphatic heterocycles. The topological polar surface area (TPSA) is 65.3 Å². The number of rotatable bonds is 5. The van der Waals surface area contributed by atoms with Crippen molar-refractivity contribution in [1.29, 1.82) is 0 Å². The van der Waals surface area contributed by atoms with E-state index in [9.17, 15) is 10.1 Å². The van der Waals surface area contributed by atoms with Crippen LogP contribution in [0.4, 0.5) is 5.69 Å². The fourth-order valence-corrected chi connectivity index (χ4v) is 2.58. The van der Waals surface area contributed by atoms with Gasteiger partial charge in [0.15, 0.2) is 0 Å². The number of aromatic nitrogens is 1. The van der Waals surface area contributed by atoms with Crippen molar-refractivity contribution in [2.45, 2.75) is 6.61 Å². The van der Waals surface area contributed by atoms with E-state index in [0.717, 1.165) is 5.56 Å². The molecule has 3 aromatic rings. The highest BCUT2D eigenvalue weighted by atomic mass is 79.9. The Bertz CT molecular complexity index is 869. The Kier molecular flexibility index (Phi) is 4.86. The van der Waals surface area contributed by atoms with Gasteiger partial charge in [0.05, 0.1) is 4.92 Å². The van der Waals surface area contributed by atoms with E-state index in [-0.39, 0.29) is 5.69 Å². The molecule has 0 amide bonds. The molecule has 0 fully saturated rings. The van der Waals surface area contributed by atoms with E-state index in [0.29, 0.717) is 28.1 Å². The SMILES string of the molecule is O=[N+]([O-])c1cc(Br)cnc1-c1cccc(OCc2ccccc2)c1. The summed E-state index contributed by atoms with van der Waals surface area (Å²) in [6, 6.07) is 18.4. The number of nitrogens with zero attached hydrogens (tertiary/aromatic N) is 2. The molecule has 6 heteroatoms. The largest absolute Gasteiger partial charge is 0.489 e. The molecular weight excluding hydrogens is 372 g/mol. The van der Waals surface area contributed by atoms with Gasteiger partial charge >= 0.3 is 0 Å². The number of ether oxygens (including phenoxy) is 1. The summed E-state index contributed by atoms with van der Waals surface area (Å²) in [5, 5.41) is 11.3. The average Bonchev–Trinajstić information content (AvgIpc) is 2.61. The monoisotopic (exact) mass is 384 g/mol. The van der Waals surface area contributed by atoms with Crippen molar-refractivity contribution in [3.05, 3.63) is 87.0 Å². The Balaban J connectivity index is 1.87. The zero-order valence-corrected chi connectivity index (χ0v) is 14.1. The molecule has 0 saturated carbocycles. The van der Waals surface area contributed by atoms with Gasteiger partial charge in [-0.25, -0.2) is 4.98 Å². The fourth-order valence-electron chi connectivity index (χ4n) is 2.26. The molecule has 0 unspecified atom stereocenters. The van der Waals surface area contributed by atoms with Crippen LogP contribution in [0.3, 0.4) is 0 Å². The number of benzene rings is 2. The number of pyridine rings is 1. The summed E-state index contributed by atoms with van der Waals surface area (Å²) in [6.07, 6.45) is 1.54. The first-order chi connectivity index (χ1) is 11.6. The standard InChI is InChI=1S/C18H13BrN2O3/c19-15-10-17(21(22)23)18(20-11-15)14-7-4-8-16(9-14)24-12-13-5-2-1-3-6-13/h1-11H,12H2. The Hall–Kier alpha value is -2.73. The van der Waals surface area contributed by atoms with Crippen LogP contribution in [0.15, 0.2) is 71.3 Å². The smallest absolute Gasteiger partial charge is 0.296 e. The summed E-state index contributed by atoms with van der Waals surface area (Å²) < 4.78 is 6.34. The van der Waals surface area contributed by atoms with Gasteiger partial charge in [0.25, 0.3) is 5.69 Å². The Morgan fingerprint density at radius 3 is 2.62 bits per heavy atom. The lowest BCUT2D eigenvalue weighted by Gasteiger charge is -2.08. The van der Waals surface area contributed by atoms with E-state index in [4.69, 9.17) is 4.74 Å². The minimum Gasteiger partial charge on any atom is -0.489 e. The van der Waals surface area contributed by atoms with Crippen LogP contribution >= 0.6 is 15.9 Å². The van der Waals surface area contributed by atoms with E-state index >= 15 is 0 Å². The lowest BCUT2D eigenvalue weighted by Crippen LogP contribution is -1.97. The number of halogens is 1. The molecule has 0 spiro atoms. The fraction of sp³-hybridized carbons (Fsp3) is 0.0556. The summed E-state index contributed by atoms with van der Waals surface area (Å²) in [6.45, 7) is 0.431. The molecule has 0 bridgehead atoms. The molecule has 5 nitrogen and oxygen atoms in total. The molecule has 0 aliphatic carbocycles. The third kappa shape index (κ3) is 3.78. The van der Waals surface area contributed by atoms with Crippen molar-refractivity contribution < 1.29 is 9.66 Å². The van der Waals surface area contributed by atoms with Gasteiger partial charge in [-0.05, 0) is 33.6 Å². The molecule has 0 N–H and O–H groups in total. The first kappa shape index (κ1) is 16.1. The summed E-state index contributed by atoms with van der Waals surface area (Å²) in [7, 11) is 0. The molecule has 1 aromatic heterocycles. The Labute approximate surface area is 147 Å². The second kappa shape index (κ2) is 7.23. The van der Waals surface area contributed by atoms with Crippen molar-refractivity contribution in [2.24, 2.45) is 0 Å². The van der Waals surface area contributed by atoms with Gasteiger partial charge < -0.3 is 4.74 Å². The van der Waals surface area contributed by atoms with Crippen LogP contribution < -0.4 is 4.74 Å². The maximum absolute atomic E-state index is 11.3. The van der Waals surface area contributed by atoms with Crippen LogP contribution in [0.2, 0.25) is 0 Å². The van der Waals surface area contributed by atoms with Crippen LogP contribution in [-0.4, -0.2) is 9.91 Å². The maximum atomic E-state index is 11.3. The average molecular weight is 385 g/mol. The zero-order chi connectivity index (χ0) is 16.9. The summed E-state index contributed by atoms with van der Waals surface area (Å²) in [5.74, 6) is 0.635. The highest BCUT2D eigenvalue weighted by Gasteiger charge is 2.17. The molecule has 24 heavy (non-hydrogen) atoms. The number of nitro groups is 1. The van der Waals surface area contributed by atoms with Gasteiger partial charge in [0.2, 0.25) is 0 Å². The third-order valence-corrected chi connectivity index (χ3v) is 3.82. The van der Waals surface area contributed by atoms with Crippen molar-refractivity contribution in [1.82, 2.24) is 4.98 Å². The molecule has 2 aromatic carbocycles. The van der Waals surface area contributed by atoms with Crippen LogP contribution in [0.1, 0.15) is 5.56 Å². The molecule has 0 aliphatic rings. The predicted octanol–water partition coefficient (Wildman–Crippen LogP) is 5.00. The Morgan fingerprint density at radius 2 is 1.88 bits per heavy atom. The van der Waals surface area contributed by atoms with E-state index < -0.39 is 4.92 Å². The number of hydrogen-bond acceptors (Lipinski definition) is 4. The maximum Gasteiger partial charge on any atom is 0.296 e. The zero-order valence-electron chi connectivity index (χ0n) is 12.6. The van der Waals surface area contributed by atoms with E-state index in [1.807, 2.05) is 36.4 Å². The number of hydrogen-bond donors (Lipinski definition) is 0. The van der Waals surface area contributed by atoms with E-state index in [1.165, 1.54) is 6.07 Å². The normalized spacial score (nSPS) is 10.4. The molecule has 0 atom stereocenters. The van der Waals surface area contributed by atoms with Gasteiger partial charge in [-0.3, -0.25) is 10.1 Å². The summed E-state index contributed by atoms with van der Waals surface area (Å²) in [5.41, 5.74) is 1.95. The lowest BCUT2D eigenvalue weighted by atomic mass is 10.1. The van der Waals surface area contributed by atoms with Crippen molar-refractivity contribution >= 4 is 21.6 Å². The minimum atomic E-state index is -0.440. The first-order valence-corrected chi connectivity index (χ1v) is 8.00. The predicted molar refractivity (Wildman–Crippen MR) is 94.8 cm³/mol. The van der Waals surface area contributed by atoms with Gasteiger partial charge in [0.1, 0.15) is 18.1 Å². The highest BCUT2D eigenvalue weighted by molar-refractivity contribution is 9.10. The minimum absolute atomic E-state index is 0.0513. The molecule has 0 saturated heterocycles. The summed E-state index contributed by atoms with van der Waals surface area (Å²) >= 11 is 3.21. The van der Waals surface area contributed by atoms with Gasteiger partial charge in [-0.1, -0.05) is 42.5 Å². The van der Waals surface area contributed by atoms with Gasteiger partial charge in [0, 0.05) is 22.3 Å². The van der Waals surface area contributed by atoms with Crippen LogP contribution in [0.5, 0.6) is 5.75 Å². The van der Waals surface area contributed by atoms with Crippen LogP contribution in [-0.2, 0) is 6.61 Å². The van der Waals surface area contributed by atoms with Crippen LogP contribution in [0.25, 0.3) is 11.3 Å². The summed E-state index contributed by atoms with van der Waals surface area (Å²) in [4.78, 5) is 15.0. The quantitative estimate of drug-likeness (QED) is 0.458. The molecule has 0 radical (unpaired) electrons. The third-order valence-electron chi connectivity index (χ3n) is 3.39. The van der Waals surface area contributed by atoms with E-state index in [1.54, 1.807) is 24.4 Å². The Morgan fingerprint density at radius 1 is 1.08 bits per heavy atom. The van der Waals surface area contributed by atoms with Crippen molar-refractivity contribution in [2.75, 3.05) is 0 Å². The van der Waals surface area contributed by atoms with Crippen molar-refractivity contribution in [3.8, 4) is 17.0 Å². The second-order valence-corrected chi connectivity index (χ2v) is 6.00. The van der Waals surface area contributed by atoms with Gasteiger partial charge in [-0.15, -0.1) is 0 Å². The van der Waals surface area contributed by atoms with Gasteiger partial charge in [-0.2, -0.15) is 0 Å². The molecule has 1 heterocycles. The second-order valence-electron chi connectivity index (χ2n) is 5.08.